The van der Waals surface area contributed by atoms with E-state index in [1.165, 1.54) is 11.8 Å². The van der Waals surface area contributed by atoms with Gasteiger partial charge in [0.1, 0.15) is 0 Å². The van der Waals surface area contributed by atoms with Crippen molar-refractivity contribution in [3.63, 3.8) is 0 Å². The Bertz CT molecular complexity index is 757. The minimum Gasteiger partial charge on any atom is -0.381 e. The second-order valence-corrected chi connectivity index (χ2v) is 10.5. The lowest BCUT2D eigenvalue weighted by molar-refractivity contribution is 0.0754. The number of hydrogen-bond donors (Lipinski definition) is 1. The van der Waals surface area contributed by atoms with Crippen molar-refractivity contribution in [3.8, 4) is 0 Å². The Hall–Kier alpha value is -0.870. The van der Waals surface area contributed by atoms with E-state index >= 15 is 0 Å². The Labute approximate surface area is 192 Å². The molecule has 0 unspecified atom stereocenters. The normalized spacial score (nSPS) is 20.8. The summed E-state index contributed by atoms with van der Waals surface area (Å²) < 4.78 is 29.5. The molecule has 0 spiro atoms. The fraction of sp³-hybridized carbons (Fsp3) is 0.667. The van der Waals surface area contributed by atoms with Gasteiger partial charge in [-0.15, -0.1) is 24.0 Å². The van der Waals surface area contributed by atoms with Crippen molar-refractivity contribution < 1.29 is 13.2 Å². The molecule has 2 aliphatic rings. The topological polar surface area (TPSA) is 71.0 Å². The summed E-state index contributed by atoms with van der Waals surface area (Å²) in [5.41, 5.74) is 1.40. The molecule has 0 saturated carbocycles. The van der Waals surface area contributed by atoms with E-state index in [9.17, 15) is 8.42 Å². The van der Waals surface area contributed by atoms with Gasteiger partial charge < -0.3 is 15.0 Å². The fourth-order valence-corrected chi connectivity index (χ4v) is 5.53. The second kappa shape index (κ2) is 10.9. The second-order valence-electron chi connectivity index (χ2n) is 8.09. The van der Waals surface area contributed by atoms with Crippen LogP contribution in [0.2, 0.25) is 0 Å². The van der Waals surface area contributed by atoms with Crippen molar-refractivity contribution in [2.75, 3.05) is 46.2 Å². The number of hydrogen-bond acceptors (Lipinski definition) is 4. The monoisotopic (exact) mass is 535 g/mol. The largest absolute Gasteiger partial charge is 0.381 e. The summed E-state index contributed by atoms with van der Waals surface area (Å²) >= 11 is 0. The maximum absolute atomic E-state index is 12.5. The quantitative estimate of drug-likeness (QED) is 0.357. The molecule has 0 radical (unpaired) electrons. The van der Waals surface area contributed by atoms with Crippen LogP contribution in [0, 0.1) is 5.92 Å². The Morgan fingerprint density at radius 2 is 1.83 bits per heavy atom. The minimum atomic E-state index is -3.18. The Balaban J connectivity index is 0.00000300. The molecule has 0 aliphatic carbocycles. The molecule has 0 aromatic heterocycles. The summed E-state index contributed by atoms with van der Waals surface area (Å²) in [6.45, 7) is 3.29. The fourth-order valence-electron chi connectivity index (χ4n) is 4.29. The SMILES string of the molecule is CN=C(NCC1(S(C)(=O)=O)CCOCC1)N1CCC(Cc2ccccc2)CC1.I. The number of nitrogens with zero attached hydrogens (tertiary/aromatic N) is 2. The number of nitrogens with one attached hydrogen (secondary N) is 1. The summed E-state index contributed by atoms with van der Waals surface area (Å²) in [4.78, 5) is 6.68. The van der Waals surface area contributed by atoms with E-state index < -0.39 is 14.6 Å². The molecule has 0 amide bonds. The molecule has 2 aliphatic heterocycles. The van der Waals surface area contributed by atoms with Crippen molar-refractivity contribution in [1.82, 2.24) is 10.2 Å². The highest BCUT2D eigenvalue weighted by Crippen LogP contribution is 2.29. The molecule has 29 heavy (non-hydrogen) atoms. The van der Waals surface area contributed by atoms with Crippen molar-refractivity contribution in [3.05, 3.63) is 35.9 Å². The zero-order valence-electron chi connectivity index (χ0n) is 17.5. The van der Waals surface area contributed by atoms with Gasteiger partial charge in [0.15, 0.2) is 15.8 Å². The molecular weight excluding hydrogens is 501 g/mol. The number of guanidine groups is 1. The molecule has 0 atom stereocenters. The highest BCUT2D eigenvalue weighted by Gasteiger charge is 2.42. The zero-order chi connectivity index (χ0) is 20.0. The third-order valence-corrected chi connectivity index (χ3v) is 8.38. The Kier molecular flexibility index (Phi) is 9.21. The van der Waals surface area contributed by atoms with Crippen molar-refractivity contribution in [1.29, 1.82) is 0 Å². The first-order valence-electron chi connectivity index (χ1n) is 10.2. The lowest BCUT2D eigenvalue weighted by atomic mass is 9.90. The molecule has 8 heteroatoms. The van der Waals surface area contributed by atoms with Gasteiger partial charge in [-0.05, 0) is 43.6 Å². The number of likely N-dealkylation sites (tertiary alicyclic amines) is 1. The molecule has 164 valence electrons. The van der Waals surface area contributed by atoms with E-state index in [2.05, 4.69) is 45.5 Å². The lowest BCUT2D eigenvalue weighted by Gasteiger charge is -2.38. The number of piperidine rings is 1. The average molecular weight is 535 g/mol. The van der Waals surface area contributed by atoms with Gasteiger partial charge in [0.2, 0.25) is 0 Å². The predicted octanol–water partition coefficient (Wildman–Crippen LogP) is 2.73. The van der Waals surface area contributed by atoms with Crippen molar-refractivity contribution >= 4 is 39.8 Å². The number of ether oxygens (including phenoxy) is 1. The van der Waals surface area contributed by atoms with Crippen LogP contribution < -0.4 is 5.32 Å². The van der Waals surface area contributed by atoms with Crippen LogP contribution in [-0.2, 0) is 21.0 Å². The van der Waals surface area contributed by atoms with E-state index in [4.69, 9.17) is 4.74 Å². The van der Waals surface area contributed by atoms with Gasteiger partial charge in [-0.2, -0.15) is 0 Å². The van der Waals surface area contributed by atoms with Gasteiger partial charge >= 0.3 is 0 Å². The first-order valence-corrected chi connectivity index (χ1v) is 12.1. The predicted molar refractivity (Wildman–Crippen MR) is 129 cm³/mol. The van der Waals surface area contributed by atoms with Gasteiger partial charge in [-0.3, -0.25) is 4.99 Å². The molecule has 2 fully saturated rings. The van der Waals surface area contributed by atoms with Gasteiger partial charge in [0.05, 0.1) is 4.75 Å². The van der Waals surface area contributed by atoms with Crippen LogP contribution in [0.5, 0.6) is 0 Å². The third-order valence-electron chi connectivity index (χ3n) is 6.25. The molecule has 3 rings (SSSR count). The summed E-state index contributed by atoms with van der Waals surface area (Å²) in [6.07, 6.45) is 5.79. The zero-order valence-corrected chi connectivity index (χ0v) is 20.6. The molecule has 1 aromatic carbocycles. The Morgan fingerprint density at radius 3 is 2.38 bits per heavy atom. The third kappa shape index (κ3) is 6.30. The average Bonchev–Trinajstić information content (AvgIpc) is 2.70. The smallest absolute Gasteiger partial charge is 0.193 e. The van der Waals surface area contributed by atoms with Crippen LogP contribution in [0.15, 0.2) is 35.3 Å². The molecule has 2 heterocycles. The number of rotatable bonds is 5. The molecule has 1 aromatic rings. The number of benzene rings is 1. The maximum atomic E-state index is 12.5. The van der Waals surface area contributed by atoms with Crippen LogP contribution in [0.1, 0.15) is 31.2 Å². The van der Waals surface area contributed by atoms with E-state index in [0.29, 0.717) is 38.5 Å². The van der Waals surface area contributed by atoms with Gasteiger partial charge in [-0.25, -0.2) is 8.42 Å². The van der Waals surface area contributed by atoms with Crippen molar-refractivity contribution in [2.24, 2.45) is 10.9 Å². The summed E-state index contributed by atoms with van der Waals surface area (Å²) in [7, 11) is -1.41. The molecule has 2 saturated heterocycles. The first-order chi connectivity index (χ1) is 13.4. The maximum Gasteiger partial charge on any atom is 0.193 e. The van der Waals surface area contributed by atoms with Gasteiger partial charge in [0, 0.05) is 46.2 Å². The summed E-state index contributed by atoms with van der Waals surface area (Å²) in [6, 6.07) is 10.7. The lowest BCUT2D eigenvalue weighted by Crippen LogP contribution is -2.55. The molecule has 6 nitrogen and oxygen atoms in total. The van der Waals surface area contributed by atoms with Crippen molar-refractivity contribution in [2.45, 2.75) is 36.9 Å². The molecular formula is C21H34IN3O3S. The van der Waals surface area contributed by atoms with Crippen LogP contribution in [0.25, 0.3) is 0 Å². The van der Waals surface area contributed by atoms with Gasteiger partial charge in [0.25, 0.3) is 0 Å². The number of sulfone groups is 1. The summed E-state index contributed by atoms with van der Waals surface area (Å²) in [5, 5.41) is 3.36. The van der Waals surface area contributed by atoms with Crippen LogP contribution in [0.3, 0.4) is 0 Å². The van der Waals surface area contributed by atoms with E-state index in [1.54, 1.807) is 7.05 Å². The highest BCUT2D eigenvalue weighted by atomic mass is 127. The first kappa shape index (κ1) is 24.4. The standard InChI is InChI=1S/C21H33N3O3S.HI/c1-22-20(23-17-21(28(2,25)26)10-14-27-15-11-21)24-12-8-19(9-13-24)16-18-6-4-3-5-7-18;/h3-7,19H,8-17H2,1-2H3,(H,22,23);1H. The van der Waals surface area contributed by atoms with Crippen LogP contribution in [-0.4, -0.2) is 70.2 Å². The molecule has 1 N–H and O–H groups in total. The molecule has 0 bridgehead atoms. The van der Waals surface area contributed by atoms with Crippen LogP contribution in [0.4, 0.5) is 0 Å². The minimum absolute atomic E-state index is 0. The van der Waals surface area contributed by atoms with E-state index in [0.717, 1.165) is 38.3 Å². The van der Waals surface area contributed by atoms with Gasteiger partial charge in [-0.1, -0.05) is 30.3 Å². The van der Waals surface area contributed by atoms with Crippen LogP contribution >= 0.6 is 24.0 Å². The summed E-state index contributed by atoms with van der Waals surface area (Å²) in [5.74, 6) is 1.50. The van der Waals surface area contributed by atoms with E-state index in [-0.39, 0.29) is 24.0 Å². The number of aliphatic imine (C=N–C) groups is 1. The highest BCUT2D eigenvalue weighted by molar-refractivity contribution is 14.0. The Morgan fingerprint density at radius 1 is 1.21 bits per heavy atom. The van der Waals surface area contributed by atoms with E-state index in [1.807, 2.05) is 0 Å². The number of halogens is 1.